The zero-order valence-corrected chi connectivity index (χ0v) is 14.5. The minimum atomic E-state index is -0.132. The van der Waals surface area contributed by atoms with Crippen LogP contribution in [0.4, 0.5) is 0 Å². The predicted molar refractivity (Wildman–Crippen MR) is 92.7 cm³/mol. The van der Waals surface area contributed by atoms with Crippen molar-refractivity contribution in [3.05, 3.63) is 47.3 Å². The van der Waals surface area contributed by atoms with Crippen molar-refractivity contribution in [1.82, 2.24) is 5.16 Å². The molecule has 0 atom stereocenters. The van der Waals surface area contributed by atoms with Crippen molar-refractivity contribution >= 4 is 5.90 Å². The normalized spacial score (nSPS) is 15.9. The molecule has 2 aromatic rings. The highest BCUT2D eigenvalue weighted by atomic mass is 16.5. The molecule has 2 heterocycles. The van der Waals surface area contributed by atoms with E-state index < -0.39 is 0 Å². The highest BCUT2D eigenvalue weighted by molar-refractivity contribution is 5.95. The van der Waals surface area contributed by atoms with Gasteiger partial charge in [0.15, 0.2) is 0 Å². The number of ether oxygens (including phenoxy) is 2. The van der Waals surface area contributed by atoms with Gasteiger partial charge in [-0.3, -0.25) is 0 Å². The van der Waals surface area contributed by atoms with E-state index in [1.807, 2.05) is 37.3 Å². The molecule has 5 nitrogen and oxygen atoms in total. The van der Waals surface area contributed by atoms with Crippen LogP contribution in [-0.2, 0) is 11.2 Å². The van der Waals surface area contributed by atoms with Crippen molar-refractivity contribution in [3.63, 3.8) is 0 Å². The van der Waals surface area contributed by atoms with Gasteiger partial charge in [0, 0.05) is 18.1 Å². The molecule has 0 amide bonds. The lowest BCUT2D eigenvalue weighted by molar-refractivity contribution is 0.279. The highest BCUT2D eigenvalue weighted by Crippen LogP contribution is 2.22. The van der Waals surface area contributed by atoms with Gasteiger partial charge in [0.2, 0.25) is 5.90 Å². The molecule has 128 valence electrons. The number of hydrogen-bond acceptors (Lipinski definition) is 5. The first-order chi connectivity index (χ1) is 11.5. The molecule has 0 saturated carbocycles. The number of aromatic nitrogens is 1. The van der Waals surface area contributed by atoms with E-state index >= 15 is 0 Å². The fourth-order valence-electron chi connectivity index (χ4n) is 2.55. The van der Waals surface area contributed by atoms with Crippen LogP contribution in [0.25, 0.3) is 0 Å². The molecule has 0 aliphatic carbocycles. The Bertz CT molecular complexity index is 702. The summed E-state index contributed by atoms with van der Waals surface area (Å²) in [4.78, 5) is 4.58. The van der Waals surface area contributed by atoms with Crippen molar-refractivity contribution in [2.24, 2.45) is 4.99 Å². The van der Waals surface area contributed by atoms with Crippen molar-refractivity contribution < 1.29 is 14.0 Å². The van der Waals surface area contributed by atoms with E-state index in [1.165, 1.54) is 0 Å². The molecule has 1 aliphatic rings. The van der Waals surface area contributed by atoms with Crippen LogP contribution in [0.15, 0.2) is 39.8 Å². The number of nitrogens with zero attached hydrogens (tertiary/aromatic N) is 2. The molecule has 0 unspecified atom stereocenters. The first kappa shape index (κ1) is 16.6. The number of aryl methyl sites for hydroxylation is 2. The van der Waals surface area contributed by atoms with Crippen LogP contribution in [0.5, 0.6) is 5.75 Å². The van der Waals surface area contributed by atoms with E-state index in [2.05, 4.69) is 24.0 Å². The third kappa shape index (κ3) is 4.37. The summed E-state index contributed by atoms with van der Waals surface area (Å²) in [6.45, 7) is 7.39. The van der Waals surface area contributed by atoms with Crippen LogP contribution >= 0.6 is 0 Å². The topological polar surface area (TPSA) is 56.9 Å². The summed E-state index contributed by atoms with van der Waals surface area (Å²) in [7, 11) is 0. The molecule has 0 bridgehead atoms. The van der Waals surface area contributed by atoms with E-state index in [9.17, 15) is 0 Å². The average Bonchev–Trinajstić information content (AvgIpc) is 3.13. The lowest BCUT2D eigenvalue weighted by Crippen LogP contribution is -2.17. The Balaban J connectivity index is 1.42. The molecule has 0 radical (unpaired) electrons. The van der Waals surface area contributed by atoms with E-state index in [0.717, 1.165) is 42.0 Å². The van der Waals surface area contributed by atoms with Crippen LogP contribution in [0.1, 0.15) is 43.7 Å². The van der Waals surface area contributed by atoms with E-state index in [-0.39, 0.29) is 5.54 Å². The molecule has 3 rings (SSSR count). The molecular weight excluding hydrogens is 304 g/mol. The van der Waals surface area contributed by atoms with Gasteiger partial charge in [0.05, 0.1) is 17.8 Å². The minimum Gasteiger partial charge on any atom is -0.494 e. The monoisotopic (exact) mass is 328 g/mol. The van der Waals surface area contributed by atoms with E-state index in [1.54, 1.807) is 0 Å². The summed E-state index contributed by atoms with van der Waals surface area (Å²) in [6.07, 6.45) is 2.90. The summed E-state index contributed by atoms with van der Waals surface area (Å²) >= 11 is 0. The lowest BCUT2D eigenvalue weighted by Gasteiger charge is -2.07. The van der Waals surface area contributed by atoms with Gasteiger partial charge < -0.3 is 14.0 Å². The van der Waals surface area contributed by atoms with Crippen LogP contribution in [0.3, 0.4) is 0 Å². The number of benzene rings is 1. The van der Waals surface area contributed by atoms with E-state index in [0.29, 0.717) is 19.1 Å². The molecule has 1 aliphatic heterocycles. The summed E-state index contributed by atoms with van der Waals surface area (Å²) in [5.74, 6) is 2.53. The summed E-state index contributed by atoms with van der Waals surface area (Å²) in [5.41, 5.74) is 1.79. The second kappa shape index (κ2) is 7.07. The molecule has 0 N–H and O–H groups in total. The van der Waals surface area contributed by atoms with Gasteiger partial charge in [-0.15, -0.1) is 0 Å². The van der Waals surface area contributed by atoms with Gasteiger partial charge in [0.1, 0.15) is 18.1 Å². The SMILES string of the molecule is Cc1cc(CCCCOc2ccc(C3=NC(C)(C)CO3)cc2)on1. The molecule has 0 fully saturated rings. The smallest absolute Gasteiger partial charge is 0.216 e. The Morgan fingerprint density at radius 1 is 1.17 bits per heavy atom. The second-order valence-electron chi connectivity index (χ2n) is 6.78. The van der Waals surface area contributed by atoms with Crippen LogP contribution in [0.2, 0.25) is 0 Å². The van der Waals surface area contributed by atoms with Crippen molar-refractivity contribution in [2.45, 2.75) is 45.6 Å². The van der Waals surface area contributed by atoms with Gasteiger partial charge >= 0.3 is 0 Å². The Kier molecular flexibility index (Phi) is 4.88. The number of hydrogen-bond donors (Lipinski definition) is 0. The third-order valence-electron chi connectivity index (χ3n) is 3.83. The first-order valence-electron chi connectivity index (χ1n) is 8.40. The Morgan fingerprint density at radius 2 is 1.96 bits per heavy atom. The van der Waals surface area contributed by atoms with Crippen LogP contribution < -0.4 is 4.74 Å². The van der Waals surface area contributed by atoms with Crippen LogP contribution in [0, 0.1) is 6.92 Å². The molecule has 1 aromatic heterocycles. The van der Waals surface area contributed by atoms with Gasteiger partial charge in [0.25, 0.3) is 0 Å². The number of rotatable bonds is 7. The number of aliphatic imine (C=N–C) groups is 1. The van der Waals surface area contributed by atoms with Crippen molar-refractivity contribution in [2.75, 3.05) is 13.2 Å². The predicted octanol–water partition coefficient (Wildman–Crippen LogP) is 3.94. The Morgan fingerprint density at radius 3 is 2.58 bits per heavy atom. The van der Waals surface area contributed by atoms with Gasteiger partial charge in [-0.25, -0.2) is 4.99 Å². The fraction of sp³-hybridized carbons (Fsp3) is 0.474. The molecular formula is C19H24N2O3. The Hall–Kier alpha value is -2.30. The molecule has 0 spiro atoms. The summed E-state index contributed by atoms with van der Waals surface area (Å²) < 4.78 is 16.6. The maximum atomic E-state index is 5.78. The molecule has 0 saturated heterocycles. The van der Waals surface area contributed by atoms with Crippen LogP contribution in [-0.4, -0.2) is 29.8 Å². The van der Waals surface area contributed by atoms with Crippen molar-refractivity contribution in [1.29, 1.82) is 0 Å². The molecule has 5 heteroatoms. The highest BCUT2D eigenvalue weighted by Gasteiger charge is 2.26. The quantitative estimate of drug-likeness (QED) is 0.722. The molecule has 1 aromatic carbocycles. The zero-order valence-electron chi connectivity index (χ0n) is 14.5. The first-order valence-corrected chi connectivity index (χ1v) is 8.40. The fourth-order valence-corrected chi connectivity index (χ4v) is 2.55. The largest absolute Gasteiger partial charge is 0.494 e. The average molecular weight is 328 g/mol. The minimum absolute atomic E-state index is 0.132. The molecule has 24 heavy (non-hydrogen) atoms. The third-order valence-corrected chi connectivity index (χ3v) is 3.83. The Labute approximate surface area is 142 Å². The van der Waals surface area contributed by atoms with Gasteiger partial charge in [-0.2, -0.15) is 0 Å². The zero-order chi connectivity index (χ0) is 17.0. The summed E-state index contributed by atoms with van der Waals surface area (Å²) in [5, 5.41) is 3.89. The van der Waals surface area contributed by atoms with Gasteiger partial charge in [-0.1, -0.05) is 5.16 Å². The summed E-state index contributed by atoms with van der Waals surface area (Å²) in [6, 6.07) is 9.90. The lowest BCUT2D eigenvalue weighted by atomic mass is 10.1. The second-order valence-corrected chi connectivity index (χ2v) is 6.78. The number of unbranched alkanes of at least 4 members (excludes halogenated alkanes) is 1. The maximum Gasteiger partial charge on any atom is 0.216 e. The van der Waals surface area contributed by atoms with Crippen molar-refractivity contribution in [3.8, 4) is 5.75 Å². The maximum absolute atomic E-state index is 5.78. The van der Waals surface area contributed by atoms with Gasteiger partial charge in [-0.05, 0) is 57.9 Å². The van der Waals surface area contributed by atoms with E-state index in [4.69, 9.17) is 14.0 Å². The standard InChI is InChI=1S/C19H24N2O3/c1-14-12-17(24-21-14)6-4-5-11-22-16-9-7-15(8-10-16)18-20-19(2,3)13-23-18/h7-10,12H,4-6,11,13H2,1-3H3.